The fourth-order valence-corrected chi connectivity index (χ4v) is 1.64. The summed E-state index contributed by atoms with van der Waals surface area (Å²) >= 11 is 0. The Morgan fingerprint density at radius 1 is 1.80 bits per heavy atom. The molecule has 58 valence electrons. The van der Waals surface area contributed by atoms with Crippen molar-refractivity contribution < 1.29 is 4.79 Å². The van der Waals surface area contributed by atoms with E-state index >= 15 is 0 Å². The van der Waals surface area contributed by atoms with Gasteiger partial charge in [-0.25, -0.2) is 0 Å². The molecule has 0 saturated carbocycles. The molecule has 0 aliphatic carbocycles. The molecular weight excluding hydrogens is 166 g/mol. The molecule has 0 aliphatic heterocycles. The average molecular weight is 177 g/mol. The first-order chi connectivity index (χ1) is 4.81. The molecule has 0 aromatic heterocycles. The molecule has 0 bridgehead atoms. The minimum absolute atomic E-state index is 0.0709. The average Bonchev–Trinajstić information content (AvgIpc) is 1.98. The van der Waals surface area contributed by atoms with Gasteiger partial charge < -0.3 is 0 Å². The lowest BCUT2D eigenvalue weighted by Crippen LogP contribution is -2.12. The maximum absolute atomic E-state index is 10.6. The second-order valence-electron chi connectivity index (χ2n) is 1.54. The summed E-state index contributed by atoms with van der Waals surface area (Å²) in [5.41, 5.74) is 0. The van der Waals surface area contributed by atoms with Gasteiger partial charge in [0.05, 0.1) is 0 Å². The summed E-state index contributed by atoms with van der Waals surface area (Å²) in [6.45, 7) is 5.38. The summed E-state index contributed by atoms with van der Waals surface area (Å²) in [7, 11) is 2.92. The van der Waals surface area contributed by atoms with Crippen LogP contribution in [0.4, 0.5) is 0 Å². The Bertz CT molecular complexity index is 116. The van der Waals surface area contributed by atoms with Crippen LogP contribution < -0.4 is 4.72 Å². The van der Waals surface area contributed by atoms with Gasteiger partial charge in [-0.3, -0.25) is 9.52 Å². The van der Waals surface area contributed by atoms with E-state index in [4.69, 9.17) is 0 Å². The SMILES string of the molecule is C=CCSSNC(=O)CC. The van der Waals surface area contributed by atoms with Crippen LogP contribution in [0.2, 0.25) is 0 Å². The molecule has 0 spiro atoms. The van der Waals surface area contributed by atoms with Gasteiger partial charge in [0.15, 0.2) is 0 Å². The third-order valence-corrected chi connectivity index (χ3v) is 2.53. The minimum Gasteiger partial charge on any atom is -0.291 e. The Kier molecular flexibility index (Phi) is 6.96. The van der Waals surface area contributed by atoms with Crippen LogP contribution in [0, 0.1) is 0 Å². The van der Waals surface area contributed by atoms with Crippen molar-refractivity contribution in [2.24, 2.45) is 0 Å². The molecule has 0 aromatic rings. The number of carbonyl (C=O) groups is 1. The van der Waals surface area contributed by atoms with E-state index in [1.54, 1.807) is 16.9 Å². The Balaban J connectivity index is 3.03. The van der Waals surface area contributed by atoms with Crippen LogP contribution in [-0.2, 0) is 4.79 Å². The topological polar surface area (TPSA) is 29.1 Å². The van der Waals surface area contributed by atoms with Crippen LogP contribution in [0.25, 0.3) is 0 Å². The third kappa shape index (κ3) is 6.04. The molecule has 0 aromatic carbocycles. The molecule has 0 unspecified atom stereocenters. The van der Waals surface area contributed by atoms with Crippen molar-refractivity contribution in [2.75, 3.05) is 5.75 Å². The molecule has 2 nitrogen and oxygen atoms in total. The van der Waals surface area contributed by atoms with Gasteiger partial charge in [0.2, 0.25) is 5.91 Å². The molecule has 1 N–H and O–H groups in total. The molecule has 0 heterocycles. The van der Waals surface area contributed by atoms with Crippen LogP contribution in [0.3, 0.4) is 0 Å². The van der Waals surface area contributed by atoms with E-state index in [0.29, 0.717) is 6.42 Å². The van der Waals surface area contributed by atoms with Gasteiger partial charge in [-0.15, -0.1) is 6.58 Å². The Labute approximate surface area is 69.4 Å². The quantitative estimate of drug-likeness (QED) is 0.301. The lowest BCUT2D eigenvalue weighted by molar-refractivity contribution is -0.118. The molecule has 4 heteroatoms. The standard InChI is InChI=1S/C6H11NOS2/c1-3-5-9-10-7-6(8)4-2/h3H,1,4-5H2,2H3,(H,7,8). The molecule has 1 amide bonds. The molecule has 0 rings (SSSR count). The van der Waals surface area contributed by atoms with Gasteiger partial charge in [-0.2, -0.15) is 0 Å². The molecule has 10 heavy (non-hydrogen) atoms. The number of amides is 1. The van der Waals surface area contributed by atoms with Crippen molar-refractivity contribution in [3.05, 3.63) is 12.7 Å². The first-order valence-corrected chi connectivity index (χ1v) is 5.31. The predicted molar refractivity (Wildman–Crippen MR) is 48.7 cm³/mol. The molecule has 0 saturated heterocycles. The second kappa shape index (κ2) is 7.02. The number of carbonyl (C=O) groups excluding carboxylic acids is 1. The molecule has 0 aliphatic rings. The van der Waals surface area contributed by atoms with Crippen LogP contribution in [0.15, 0.2) is 12.7 Å². The van der Waals surface area contributed by atoms with Gasteiger partial charge in [0.1, 0.15) is 0 Å². The van der Waals surface area contributed by atoms with Gasteiger partial charge in [-0.1, -0.05) is 23.8 Å². The van der Waals surface area contributed by atoms with Crippen molar-refractivity contribution in [3.63, 3.8) is 0 Å². The van der Waals surface area contributed by atoms with Crippen molar-refractivity contribution >= 4 is 27.7 Å². The van der Waals surface area contributed by atoms with E-state index in [0.717, 1.165) is 5.75 Å². The number of rotatable bonds is 5. The zero-order chi connectivity index (χ0) is 7.82. The summed E-state index contributed by atoms with van der Waals surface area (Å²) in [5.74, 6) is 0.927. The normalized spacial score (nSPS) is 8.90. The summed E-state index contributed by atoms with van der Waals surface area (Å²) in [5, 5.41) is 0. The highest BCUT2D eigenvalue weighted by molar-refractivity contribution is 8.76. The van der Waals surface area contributed by atoms with Crippen LogP contribution >= 0.6 is 21.8 Å². The summed E-state index contributed by atoms with van der Waals surface area (Å²) < 4.78 is 2.66. The molecule has 0 radical (unpaired) electrons. The first kappa shape index (κ1) is 9.91. The summed E-state index contributed by atoms with van der Waals surface area (Å²) in [6, 6.07) is 0. The van der Waals surface area contributed by atoms with Crippen molar-refractivity contribution in [1.82, 2.24) is 4.72 Å². The van der Waals surface area contributed by atoms with Crippen molar-refractivity contribution in [1.29, 1.82) is 0 Å². The van der Waals surface area contributed by atoms with Crippen LogP contribution in [0.5, 0.6) is 0 Å². The highest BCUT2D eigenvalue weighted by Gasteiger charge is 1.93. The minimum atomic E-state index is 0.0709. The van der Waals surface area contributed by atoms with E-state index in [1.165, 1.54) is 11.0 Å². The number of nitrogens with one attached hydrogen (secondary N) is 1. The molecule has 0 atom stereocenters. The molecular formula is C6H11NOS2. The number of hydrogen-bond donors (Lipinski definition) is 1. The lowest BCUT2D eigenvalue weighted by Gasteiger charge is -1.97. The fraction of sp³-hybridized carbons (Fsp3) is 0.500. The Hall–Kier alpha value is -0.0900. The van der Waals surface area contributed by atoms with Gasteiger partial charge in [-0.05, 0) is 0 Å². The number of hydrogen-bond acceptors (Lipinski definition) is 3. The van der Waals surface area contributed by atoms with Gasteiger partial charge in [0, 0.05) is 23.2 Å². The van der Waals surface area contributed by atoms with Crippen LogP contribution in [-0.4, -0.2) is 11.7 Å². The van der Waals surface area contributed by atoms with Gasteiger partial charge >= 0.3 is 0 Å². The molecule has 0 fully saturated rings. The highest BCUT2D eigenvalue weighted by Crippen LogP contribution is 2.16. The Morgan fingerprint density at radius 2 is 2.50 bits per heavy atom. The third-order valence-electron chi connectivity index (χ3n) is 0.721. The smallest absolute Gasteiger partial charge is 0.230 e. The second-order valence-corrected chi connectivity index (χ2v) is 3.68. The monoisotopic (exact) mass is 177 g/mol. The van der Waals surface area contributed by atoms with E-state index in [1.807, 2.05) is 6.92 Å². The zero-order valence-electron chi connectivity index (χ0n) is 5.92. The van der Waals surface area contributed by atoms with E-state index in [2.05, 4.69) is 11.3 Å². The van der Waals surface area contributed by atoms with Crippen molar-refractivity contribution in [2.45, 2.75) is 13.3 Å². The van der Waals surface area contributed by atoms with Gasteiger partial charge in [0.25, 0.3) is 0 Å². The zero-order valence-corrected chi connectivity index (χ0v) is 7.56. The van der Waals surface area contributed by atoms with E-state index in [9.17, 15) is 4.79 Å². The lowest BCUT2D eigenvalue weighted by atomic mass is 10.5. The summed E-state index contributed by atoms with van der Waals surface area (Å²) in [6.07, 6.45) is 2.34. The largest absolute Gasteiger partial charge is 0.291 e. The first-order valence-electron chi connectivity index (χ1n) is 2.99. The van der Waals surface area contributed by atoms with E-state index < -0.39 is 0 Å². The fourth-order valence-electron chi connectivity index (χ4n) is 0.230. The predicted octanol–water partition coefficient (Wildman–Crippen LogP) is 1.99. The summed E-state index contributed by atoms with van der Waals surface area (Å²) in [4.78, 5) is 10.6. The highest BCUT2D eigenvalue weighted by atomic mass is 33.1. The maximum atomic E-state index is 10.6. The maximum Gasteiger partial charge on any atom is 0.230 e. The Morgan fingerprint density at radius 3 is 3.00 bits per heavy atom. The van der Waals surface area contributed by atoms with Crippen LogP contribution in [0.1, 0.15) is 13.3 Å². The van der Waals surface area contributed by atoms with E-state index in [-0.39, 0.29) is 5.91 Å². The van der Waals surface area contributed by atoms with Crippen molar-refractivity contribution in [3.8, 4) is 0 Å².